The molecule has 1 atom stereocenters. The number of alkyl halides is 6. The summed E-state index contributed by atoms with van der Waals surface area (Å²) >= 11 is 0. The van der Waals surface area contributed by atoms with Crippen LogP contribution in [0, 0.1) is 10.8 Å². The van der Waals surface area contributed by atoms with E-state index in [4.69, 9.17) is 0 Å². The van der Waals surface area contributed by atoms with E-state index in [2.05, 4.69) is 19.4 Å². The van der Waals surface area contributed by atoms with Gasteiger partial charge in [-0.2, -0.15) is 0 Å². The molecule has 4 rings (SSSR count). The first-order valence-electron chi connectivity index (χ1n) is 14.0. The number of carbonyl (C=O) groups is 1. The largest absolute Gasteiger partial charge is 0.573 e. The second-order valence-corrected chi connectivity index (χ2v) is 12.4. The maximum Gasteiger partial charge on any atom is 0.573 e. The molecule has 4 aromatic rings. The number of aliphatic hydroxyl groups is 1. The Bertz CT molecular complexity index is 1570. The Balaban J connectivity index is 0.000000250. The zero-order valence-electron chi connectivity index (χ0n) is 26.0. The van der Waals surface area contributed by atoms with Gasteiger partial charge < -0.3 is 14.6 Å². The molecule has 0 saturated carbocycles. The van der Waals surface area contributed by atoms with Crippen molar-refractivity contribution in [1.29, 1.82) is 0 Å². The van der Waals surface area contributed by atoms with Gasteiger partial charge in [0.15, 0.2) is 5.78 Å². The summed E-state index contributed by atoms with van der Waals surface area (Å²) in [5, 5.41) is 10.2. The summed E-state index contributed by atoms with van der Waals surface area (Å²) in [4.78, 5) is 20.5. The molecule has 1 unspecified atom stereocenters. The number of hydrogen-bond donors (Lipinski definition) is 1. The van der Waals surface area contributed by atoms with Crippen molar-refractivity contribution in [1.82, 2.24) is 9.97 Å². The van der Waals surface area contributed by atoms with Crippen LogP contribution in [0.4, 0.5) is 26.3 Å². The molecule has 0 fully saturated rings. The number of ether oxygens (including phenoxy) is 2. The van der Waals surface area contributed by atoms with Crippen LogP contribution in [-0.2, 0) is 0 Å². The van der Waals surface area contributed by atoms with Crippen molar-refractivity contribution >= 4 is 5.78 Å². The van der Waals surface area contributed by atoms with Gasteiger partial charge in [-0.3, -0.25) is 14.8 Å². The molecule has 246 valence electrons. The van der Waals surface area contributed by atoms with Crippen molar-refractivity contribution in [2.45, 2.75) is 60.4 Å². The van der Waals surface area contributed by atoms with E-state index in [1.807, 2.05) is 41.5 Å². The quantitative estimate of drug-likeness (QED) is 0.166. The second-order valence-electron chi connectivity index (χ2n) is 12.4. The number of Topliss-reactive ketones (excluding diaryl/α,β-unsaturated/α-hetero) is 1. The van der Waals surface area contributed by atoms with E-state index in [1.54, 1.807) is 30.5 Å². The predicted octanol–water partition coefficient (Wildman–Crippen LogP) is 9.60. The monoisotopic (exact) mass is 648 g/mol. The smallest absolute Gasteiger partial charge is 0.406 e. The van der Waals surface area contributed by atoms with Gasteiger partial charge in [-0.25, -0.2) is 0 Å². The fourth-order valence-electron chi connectivity index (χ4n) is 3.96. The number of rotatable bonds is 6. The summed E-state index contributed by atoms with van der Waals surface area (Å²) in [6.45, 7) is 11.2. The average Bonchev–Trinajstić information content (AvgIpc) is 2.95. The number of pyridine rings is 2. The highest BCUT2D eigenvalue weighted by atomic mass is 19.4. The zero-order chi connectivity index (χ0) is 34.5. The van der Waals surface area contributed by atoms with Crippen molar-refractivity contribution < 1.29 is 45.7 Å². The van der Waals surface area contributed by atoms with Crippen molar-refractivity contribution in [3.8, 4) is 33.8 Å². The normalized spacial score (nSPS) is 12.9. The molecule has 0 spiro atoms. The number of benzene rings is 2. The Labute approximate surface area is 263 Å². The highest BCUT2D eigenvalue weighted by molar-refractivity contribution is 5.98. The third kappa shape index (κ3) is 10.9. The molecule has 0 aliphatic heterocycles. The lowest BCUT2D eigenvalue weighted by Crippen LogP contribution is -2.21. The van der Waals surface area contributed by atoms with Crippen molar-refractivity contribution in [2.75, 3.05) is 0 Å². The van der Waals surface area contributed by atoms with Crippen LogP contribution in [0.15, 0.2) is 85.2 Å². The van der Waals surface area contributed by atoms with Gasteiger partial charge in [0.25, 0.3) is 0 Å². The van der Waals surface area contributed by atoms with Gasteiger partial charge in [0.2, 0.25) is 0 Å². The summed E-state index contributed by atoms with van der Waals surface area (Å²) in [5.41, 5.74) is 2.90. The predicted molar refractivity (Wildman–Crippen MR) is 161 cm³/mol. The van der Waals surface area contributed by atoms with E-state index in [0.29, 0.717) is 28.1 Å². The summed E-state index contributed by atoms with van der Waals surface area (Å²) in [6, 6.07) is 17.8. The van der Waals surface area contributed by atoms with E-state index < -0.39 is 24.2 Å². The van der Waals surface area contributed by atoms with Gasteiger partial charge >= 0.3 is 12.7 Å². The molecule has 0 saturated heterocycles. The first-order valence-corrected chi connectivity index (χ1v) is 14.0. The van der Waals surface area contributed by atoms with Gasteiger partial charge in [-0.05, 0) is 52.9 Å². The molecule has 0 bridgehead atoms. The lowest BCUT2D eigenvalue weighted by Gasteiger charge is -2.25. The summed E-state index contributed by atoms with van der Waals surface area (Å²) in [6.07, 6.45) is -6.99. The molecule has 1 N–H and O–H groups in total. The fourth-order valence-corrected chi connectivity index (χ4v) is 3.96. The topological polar surface area (TPSA) is 81.5 Å². The Morgan fingerprint density at radius 3 is 1.30 bits per heavy atom. The van der Waals surface area contributed by atoms with E-state index in [-0.39, 0.29) is 22.7 Å². The van der Waals surface area contributed by atoms with Crippen LogP contribution >= 0.6 is 0 Å². The van der Waals surface area contributed by atoms with Crippen LogP contribution in [0.5, 0.6) is 11.5 Å². The maximum absolute atomic E-state index is 12.1. The molecule has 6 nitrogen and oxygen atoms in total. The second kappa shape index (κ2) is 13.9. The number of halogens is 6. The highest BCUT2D eigenvalue weighted by Crippen LogP contribution is 2.33. The van der Waals surface area contributed by atoms with Crippen LogP contribution in [-0.4, -0.2) is 33.6 Å². The van der Waals surface area contributed by atoms with Gasteiger partial charge in [0.1, 0.15) is 23.3 Å². The van der Waals surface area contributed by atoms with Crippen LogP contribution in [0.25, 0.3) is 22.3 Å². The van der Waals surface area contributed by atoms with Crippen molar-refractivity contribution in [3.05, 3.63) is 96.6 Å². The average molecular weight is 649 g/mol. The van der Waals surface area contributed by atoms with Crippen molar-refractivity contribution in [3.63, 3.8) is 0 Å². The molecule has 0 aliphatic rings. The Morgan fingerprint density at radius 2 is 1.00 bits per heavy atom. The minimum absolute atomic E-state index is 0.0713. The van der Waals surface area contributed by atoms with Gasteiger partial charge in [-0.15, -0.1) is 26.3 Å². The van der Waals surface area contributed by atoms with Crippen molar-refractivity contribution in [2.24, 2.45) is 10.8 Å². The molecule has 2 aromatic heterocycles. The number of hydrogen-bond acceptors (Lipinski definition) is 6. The van der Waals surface area contributed by atoms with Gasteiger partial charge in [0, 0.05) is 28.9 Å². The Morgan fingerprint density at radius 1 is 0.609 bits per heavy atom. The highest BCUT2D eigenvalue weighted by Gasteiger charge is 2.32. The number of nitrogens with zero attached hydrogens (tertiary/aromatic N) is 2. The third-order valence-electron chi connectivity index (χ3n) is 6.41. The molecular formula is C34H34F6N2O4. The molecular weight excluding hydrogens is 614 g/mol. The molecule has 2 aromatic carbocycles. The number of carbonyl (C=O) groups excluding carboxylic acids is 1. The minimum atomic E-state index is -4.71. The van der Waals surface area contributed by atoms with Crippen LogP contribution < -0.4 is 9.47 Å². The van der Waals surface area contributed by atoms with E-state index in [9.17, 15) is 36.2 Å². The van der Waals surface area contributed by atoms with Crippen LogP contribution in [0.3, 0.4) is 0 Å². The number of aromatic nitrogens is 2. The first kappa shape index (κ1) is 36.0. The van der Waals surface area contributed by atoms with Gasteiger partial charge in [-0.1, -0.05) is 77.9 Å². The summed E-state index contributed by atoms with van der Waals surface area (Å²) < 4.78 is 80.4. The zero-order valence-corrected chi connectivity index (χ0v) is 26.0. The molecule has 46 heavy (non-hydrogen) atoms. The summed E-state index contributed by atoms with van der Waals surface area (Å²) in [7, 11) is 0. The third-order valence-corrected chi connectivity index (χ3v) is 6.41. The Kier molecular flexibility index (Phi) is 10.9. The van der Waals surface area contributed by atoms with E-state index in [1.165, 1.54) is 54.7 Å². The van der Waals surface area contributed by atoms with Gasteiger partial charge in [0.05, 0.1) is 5.69 Å². The van der Waals surface area contributed by atoms with Crippen LogP contribution in [0.1, 0.15) is 63.8 Å². The first-order chi connectivity index (χ1) is 21.1. The maximum atomic E-state index is 12.1. The SMILES string of the molecule is CC(C)(C)C(=O)c1ccc(-c2ccc(OC(F)(F)F)cc2)cn1.CC(C)(C)C(O)c1ccc(-c2ccc(OC(F)(F)F)cc2)cn1. The summed E-state index contributed by atoms with van der Waals surface area (Å²) in [5.74, 6) is -0.624. The molecule has 0 radical (unpaired) electrons. The van der Waals surface area contributed by atoms with E-state index in [0.717, 1.165) is 5.56 Å². The standard InChI is InChI=1S/C17H18F3NO2.C17H16F3NO2/c2*1-16(2,3)15(22)14-9-6-12(10-21-14)11-4-7-13(8-5-11)23-17(18,19)20/h4-10,15,22H,1-3H3;4-10H,1-3H3. The fraction of sp³-hybridized carbons (Fsp3) is 0.324. The number of ketones is 1. The molecule has 0 amide bonds. The lowest BCUT2D eigenvalue weighted by molar-refractivity contribution is -0.275. The van der Waals surface area contributed by atoms with E-state index >= 15 is 0 Å². The molecule has 12 heteroatoms. The van der Waals surface area contributed by atoms with Crippen LogP contribution in [0.2, 0.25) is 0 Å². The Hall–Kier alpha value is -4.45. The number of aliphatic hydroxyl groups excluding tert-OH is 1. The molecule has 2 heterocycles. The molecule has 0 aliphatic carbocycles. The minimum Gasteiger partial charge on any atom is -0.406 e. The lowest BCUT2D eigenvalue weighted by atomic mass is 9.87.